The zero-order chi connectivity index (χ0) is 30.1. The second-order valence-electron chi connectivity index (χ2n) is 8.83. The summed E-state index contributed by atoms with van der Waals surface area (Å²) in [6.45, 7) is 6.15. The van der Waals surface area contributed by atoms with Crippen molar-refractivity contribution in [1.82, 2.24) is 0 Å². The first kappa shape index (κ1) is 33.3. The summed E-state index contributed by atoms with van der Waals surface area (Å²) in [5.41, 5.74) is -0.868. The minimum Gasteiger partial charge on any atom is -0.456 e. The first-order chi connectivity index (χ1) is 18.7. The molecule has 2 saturated heterocycles. The van der Waals surface area contributed by atoms with Crippen LogP contribution < -0.4 is 0 Å². The van der Waals surface area contributed by atoms with Crippen molar-refractivity contribution in [2.75, 3.05) is 19.5 Å². The van der Waals surface area contributed by atoms with Crippen LogP contribution in [0.5, 0.6) is 0 Å². The Morgan fingerprint density at radius 2 is 1.07 bits per heavy atom. The van der Waals surface area contributed by atoms with Gasteiger partial charge in [-0.25, -0.2) is 0 Å². The van der Waals surface area contributed by atoms with Crippen LogP contribution in [0.1, 0.15) is 41.5 Å². The van der Waals surface area contributed by atoms with Gasteiger partial charge in [-0.05, 0) is 6.26 Å². The van der Waals surface area contributed by atoms with E-state index in [1.807, 2.05) is 0 Å². The van der Waals surface area contributed by atoms with Crippen molar-refractivity contribution in [3.63, 3.8) is 0 Å². The van der Waals surface area contributed by atoms with Gasteiger partial charge >= 0.3 is 35.8 Å². The smallest absolute Gasteiger partial charge is 0.303 e. The van der Waals surface area contributed by atoms with Crippen LogP contribution in [0.2, 0.25) is 0 Å². The fourth-order valence-electron chi connectivity index (χ4n) is 4.22. The van der Waals surface area contributed by atoms with Gasteiger partial charge < -0.3 is 42.6 Å². The van der Waals surface area contributed by atoms with Crippen molar-refractivity contribution in [2.24, 2.45) is 0 Å². The van der Waals surface area contributed by atoms with Gasteiger partial charge in [0.2, 0.25) is 0 Å². The molecule has 9 atom stereocenters. The summed E-state index contributed by atoms with van der Waals surface area (Å²) in [5, 5.41) is 0. The van der Waals surface area contributed by atoms with Gasteiger partial charge in [0.25, 0.3) is 0 Å². The van der Waals surface area contributed by atoms with Crippen LogP contribution in [-0.4, -0.2) is 110 Å². The molecule has 0 aliphatic carbocycles. The van der Waals surface area contributed by atoms with E-state index in [9.17, 15) is 28.8 Å². The van der Waals surface area contributed by atoms with Gasteiger partial charge in [0.05, 0.1) is 13.2 Å². The lowest BCUT2D eigenvalue weighted by Crippen LogP contribution is -2.62. The van der Waals surface area contributed by atoms with Gasteiger partial charge in [-0.1, -0.05) is 0 Å². The Morgan fingerprint density at radius 3 is 1.57 bits per heavy atom. The third-order valence-corrected chi connectivity index (χ3v) is 6.30. The molecule has 0 spiro atoms. The second-order valence-corrected chi connectivity index (χ2v) is 9.77. The Labute approximate surface area is 234 Å². The monoisotopic (exact) mass is 594 g/mol. The lowest BCUT2D eigenvalue weighted by molar-refractivity contribution is -0.295. The van der Waals surface area contributed by atoms with Crippen molar-refractivity contribution in [3.05, 3.63) is 0 Å². The molecular weight excluding hydrogens is 560 g/mol. The highest BCUT2D eigenvalue weighted by molar-refractivity contribution is 7.99. The Bertz CT molecular complexity index is 955. The molecule has 0 radical (unpaired) electrons. The minimum atomic E-state index is -1.37. The van der Waals surface area contributed by atoms with E-state index in [2.05, 4.69) is 0 Å². The molecule has 2 aliphatic rings. The average molecular weight is 595 g/mol. The number of hydrogen-bond donors (Lipinski definition) is 0. The zero-order valence-electron chi connectivity index (χ0n) is 23.1. The zero-order valence-corrected chi connectivity index (χ0v) is 24.0. The van der Waals surface area contributed by atoms with Crippen LogP contribution in [0, 0.1) is 0 Å². The molecule has 0 bridgehead atoms. The molecule has 40 heavy (non-hydrogen) atoms. The maximum atomic E-state index is 12.0. The van der Waals surface area contributed by atoms with E-state index in [0.717, 1.165) is 53.3 Å². The van der Waals surface area contributed by atoms with Crippen LogP contribution in [-0.2, 0) is 71.4 Å². The van der Waals surface area contributed by atoms with Gasteiger partial charge in [-0.3, -0.25) is 28.8 Å². The molecule has 0 amide bonds. The van der Waals surface area contributed by atoms with Crippen molar-refractivity contribution in [1.29, 1.82) is 0 Å². The van der Waals surface area contributed by atoms with Crippen molar-refractivity contribution in [2.45, 2.75) is 96.0 Å². The fraction of sp³-hybridized carbons (Fsp3) is 0.750. The maximum Gasteiger partial charge on any atom is 0.303 e. The Balaban J connectivity index is 2.36. The summed E-state index contributed by atoms with van der Waals surface area (Å²) < 4.78 is 49.5. The Morgan fingerprint density at radius 1 is 0.625 bits per heavy atom. The summed E-state index contributed by atoms with van der Waals surface area (Å²) >= 11 is 1.14. The number of hydrogen-bond acceptors (Lipinski definition) is 16. The van der Waals surface area contributed by atoms with Crippen LogP contribution in [0.15, 0.2) is 0 Å². The number of carbonyl (C=O) groups excluding carboxylic acids is 6. The molecule has 0 aromatic heterocycles. The highest BCUT2D eigenvalue weighted by Crippen LogP contribution is 2.34. The maximum absolute atomic E-state index is 12.0. The van der Waals surface area contributed by atoms with E-state index in [4.69, 9.17) is 42.6 Å². The SMILES string of the molecule is CS[C@@H]1O[C@H](CO[C@@H]2OC[C@H](OC(C)=O)[C@H](OC(C)=O)[C@H]2OC(C)=O)[C@@H](OC(C)=O)[C@H](OC(C)=O)[C@H]1OC(C)=O. The topological polar surface area (TPSA) is 185 Å². The summed E-state index contributed by atoms with van der Waals surface area (Å²) in [6, 6.07) is 0. The van der Waals surface area contributed by atoms with Gasteiger partial charge in [-0.15, -0.1) is 11.8 Å². The minimum absolute atomic E-state index is 0.281. The number of rotatable bonds is 10. The van der Waals surface area contributed by atoms with Crippen molar-refractivity contribution in [3.8, 4) is 0 Å². The normalized spacial score (nSPS) is 31.7. The van der Waals surface area contributed by atoms with E-state index in [1.54, 1.807) is 6.26 Å². The van der Waals surface area contributed by atoms with E-state index in [1.165, 1.54) is 0 Å². The first-order valence-corrected chi connectivity index (χ1v) is 13.5. The number of esters is 6. The quantitative estimate of drug-likeness (QED) is 0.243. The standard InChI is InChI=1S/C24H34O15S/c1-10(25)33-16-8-31-23(21(37-14(5)29)19(16)35-12(3)27)32-9-17-18(34-11(2)26)20(36-13(4)28)22(38-15(6)30)24(39-17)40-7/h16-24H,8-9H2,1-7H3/t16-,17+,18+,19-,20-,21+,22+,23-,24-/m0/s1. The molecular formula is C24H34O15S. The predicted molar refractivity (Wildman–Crippen MR) is 131 cm³/mol. The van der Waals surface area contributed by atoms with Crippen LogP contribution in [0.4, 0.5) is 0 Å². The molecule has 2 heterocycles. The molecule has 2 fully saturated rings. The van der Waals surface area contributed by atoms with Gasteiger partial charge in [-0.2, -0.15) is 0 Å². The average Bonchev–Trinajstić information content (AvgIpc) is 2.81. The van der Waals surface area contributed by atoms with E-state index in [0.29, 0.717) is 0 Å². The summed E-state index contributed by atoms with van der Waals surface area (Å²) in [4.78, 5) is 71.0. The molecule has 0 aromatic rings. The largest absolute Gasteiger partial charge is 0.456 e. The molecule has 2 rings (SSSR count). The lowest BCUT2D eigenvalue weighted by atomic mass is 9.99. The van der Waals surface area contributed by atoms with Gasteiger partial charge in [0.15, 0.2) is 42.9 Å². The molecule has 0 saturated carbocycles. The predicted octanol–water partition coefficient (Wildman–Crippen LogP) is 0.0374. The summed E-state index contributed by atoms with van der Waals surface area (Å²) in [6.07, 6.45) is -8.22. The Hall–Kier alpha value is -2.95. The van der Waals surface area contributed by atoms with Crippen LogP contribution in [0.25, 0.3) is 0 Å². The number of thioether (sulfide) groups is 1. The molecule has 0 N–H and O–H groups in total. The van der Waals surface area contributed by atoms with Gasteiger partial charge in [0, 0.05) is 41.5 Å². The third-order valence-electron chi connectivity index (χ3n) is 5.46. The van der Waals surface area contributed by atoms with E-state index < -0.39 is 90.3 Å². The first-order valence-electron chi connectivity index (χ1n) is 12.2. The van der Waals surface area contributed by atoms with Crippen LogP contribution >= 0.6 is 11.8 Å². The Kier molecular flexibility index (Phi) is 12.6. The second kappa shape index (κ2) is 15.2. The molecule has 15 nitrogen and oxygen atoms in total. The van der Waals surface area contributed by atoms with Crippen LogP contribution in [0.3, 0.4) is 0 Å². The van der Waals surface area contributed by atoms with Crippen molar-refractivity contribution < 1.29 is 71.4 Å². The molecule has 0 aromatic carbocycles. The third kappa shape index (κ3) is 9.60. The van der Waals surface area contributed by atoms with E-state index >= 15 is 0 Å². The molecule has 0 unspecified atom stereocenters. The molecule has 16 heteroatoms. The van der Waals surface area contributed by atoms with E-state index in [-0.39, 0.29) is 13.2 Å². The lowest BCUT2D eigenvalue weighted by Gasteiger charge is -2.45. The molecule has 2 aliphatic heterocycles. The van der Waals surface area contributed by atoms with Gasteiger partial charge in [0.1, 0.15) is 11.5 Å². The number of carbonyl (C=O) groups is 6. The number of ether oxygens (including phenoxy) is 9. The summed E-state index contributed by atoms with van der Waals surface area (Å²) in [5.74, 6) is -4.35. The van der Waals surface area contributed by atoms with Crippen molar-refractivity contribution >= 4 is 47.6 Å². The molecule has 226 valence electrons. The highest BCUT2D eigenvalue weighted by Gasteiger charge is 2.53. The highest BCUT2D eigenvalue weighted by atomic mass is 32.2. The summed E-state index contributed by atoms with van der Waals surface area (Å²) in [7, 11) is 0. The fourth-order valence-corrected chi connectivity index (χ4v) is 4.95.